The second-order valence-electron chi connectivity index (χ2n) is 8.76. The zero-order valence-electron chi connectivity index (χ0n) is 17.4. The van der Waals surface area contributed by atoms with Crippen LogP contribution in [0.15, 0.2) is 31.0 Å². The van der Waals surface area contributed by atoms with Crippen LogP contribution in [0.2, 0.25) is 0 Å². The minimum Gasteiger partial charge on any atom is -0.346 e. The van der Waals surface area contributed by atoms with Crippen molar-refractivity contribution < 1.29 is 8.42 Å². The molecule has 1 unspecified atom stereocenters. The quantitative estimate of drug-likeness (QED) is 0.630. The molecule has 1 saturated heterocycles. The SMILES string of the molecule is CCCS(=O)(=O)N1C[C@@H]2CC(CC#N)(n3cc(-c4ncnc5[nH]ccc45)cn3)C[C@@H]2C1. The molecule has 2 aliphatic rings. The van der Waals surface area contributed by atoms with Crippen molar-refractivity contribution in [3.63, 3.8) is 0 Å². The van der Waals surface area contributed by atoms with Gasteiger partial charge in [0.05, 0.1) is 35.7 Å². The molecule has 10 heteroatoms. The average Bonchev–Trinajstić information content (AvgIpc) is 3.49. The van der Waals surface area contributed by atoms with Gasteiger partial charge in [0.25, 0.3) is 0 Å². The first-order valence-electron chi connectivity index (χ1n) is 10.6. The van der Waals surface area contributed by atoms with Gasteiger partial charge in [0.1, 0.15) is 12.0 Å². The fraction of sp³-hybridized carbons (Fsp3) is 0.524. The number of rotatable bonds is 6. The number of nitrogens with zero attached hydrogens (tertiary/aromatic N) is 6. The van der Waals surface area contributed by atoms with Gasteiger partial charge in [0.2, 0.25) is 10.0 Å². The molecule has 0 aromatic carbocycles. The number of H-pyrrole nitrogens is 1. The molecule has 1 aliphatic carbocycles. The van der Waals surface area contributed by atoms with Crippen LogP contribution in [-0.4, -0.2) is 56.3 Å². The highest BCUT2D eigenvalue weighted by Crippen LogP contribution is 2.50. The fourth-order valence-corrected chi connectivity index (χ4v) is 7.01. The number of hydrogen-bond acceptors (Lipinski definition) is 6. The molecule has 0 bridgehead atoms. The van der Waals surface area contributed by atoms with Crippen molar-refractivity contribution in [1.29, 1.82) is 5.26 Å². The topological polar surface area (TPSA) is 121 Å². The number of fused-ring (bicyclic) bond motifs is 2. The largest absolute Gasteiger partial charge is 0.346 e. The number of nitriles is 1. The summed E-state index contributed by atoms with van der Waals surface area (Å²) >= 11 is 0. The number of sulfonamides is 1. The highest BCUT2D eigenvalue weighted by Gasteiger charge is 2.52. The smallest absolute Gasteiger partial charge is 0.214 e. The van der Waals surface area contributed by atoms with Crippen molar-refractivity contribution in [3.05, 3.63) is 31.0 Å². The Morgan fingerprint density at radius 3 is 2.77 bits per heavy atom. The standard InChI is InChI=1S/C21H25N7O2S/c1-2-7-31(29,30)27-11-15-8-21(4-5-22,9-16(15)12-27)28-13-17(10-26-28)19-18-3-6-23-20(18)25-14-24-19/h3,6,10,13-16H,2,4,7-9,11-12H2,1H3,(H,23,24,25)/t15-,16+,21?. The molecule has 2 fully saturated rings. The van der Waals surface area contributed by atoms with Crippen LogP contribution < -0.4 is 0 Å². The molecule has 4 heterocycles. The van der Waals surface area contributed by atoms with E-state index in [1.807, 2.05) is 30.1 Å². The Kier molecular flexibility index (Phi) is 4.83. The van der Waals surface area contributed by atoms with Crippen molar-refractivity contribution in [2.45, 2.75) is 38.1 Å². The average molecular weight is 440 g/mol. The van der Waals surface area contributed by atoms with Crippen LogP contribution in [0.4, 0.5) is 0 Å². The summed E-state index contributed by atoms with van der Waals surface area (Å²) in [6.45, 7) is 2.98. The van der Waals surface area contributed by atoms with Crippen LogP contribution in [0.1, 0.15) is 32.6 Å². The maximum Gasteiger partial charge on any atom is 0.214 e. The van der Waals surface area contributed by atoms with Gasteiger partial charge in [-0.2, -0.15) is 10.4 Å². The summed E-state index contributed by atoms with van der Waals surface area (Å²) in [5, 5.41) is 15.2. The molecule has 1 aliphatic heterocycles. The Labute approximate surface area is 181 Å². The monoisotopic (exact) mass is 439 g/mol. The molecule has 0 spiro atoms. The predicted molar refractivity (Wildman–Crippen MR) is 115 cm³/mol. The van der Waals surface area contributed by atoms with Crippen LogP contribution in [0, 0.1) is 23.2 Å². The Morgan fingerprint density at radius 2 is 2.06 bits per heavy atom. The predicted octanol–water partition coefficient (Wildman–Crippen LogP) is 2.51. The van der Waals surface area contributed by atoms with E-state index in [9.17, 15) is 13.7 Å². The molecule has 0 amide bonds. The van der Waals surface area contributed by atoms with E-state index in [-0.39, 0.29) is 17.6 Å². The minimum atomic E-state index is -3.18. The first kappa shape index (κ1) is 20.2. The van der Waals surface area contributed by atoms with Crippen molar-refractivity contribution in [3.8, 4) is 17.3 Å². The molecule has 3 atom stereocenters. The molecule has 9 nitrogen and oxygen atoms in total. The van der Waals surface area contributed by atoms with E-state index in [4.69, 9.17) is 0 Å². The van der Waals surface area contributed by atoms with Crippen LogP contribution in [-0.2, 0) is 15.6 Å². The zero-order chi connectivity index (χ0) is 21.6. The van der Waals surface area contributed by atoms with Gasteiger partial charge < -0.3 is 4.98 Å². The molecule has 0 radical (unpaired) electrons. The van der Waals surface area contributed by atoms with Gasteiger partial charge in [-0.1, -0.05) is 6.92 Å². The summed E-state index contributed by atoms with van der Waals surface area (Å²) in [5.41, 5.74) is 2.05. The van der Waals surface area contributed by atoms with Gasteiger partial charge in [-0.05, 0) is 37.2 Å². The van der Waals surface area contributed by atoms with E-state index in [2.05, 4.69) is 26.1 Å². The molecule has 3 aromatic rings. The molecule has 31 heavy (non-hydrogen) atoms. The van der Waals surface area contributed by atoms with E-state index in [0.29, 0.717) is 25.9 Å². The van der Waals surface area contributed by atoms with Crippen molar-refractivity contribution in [2.75, 3.05) is 18.8 Å². The van der Waals surface area contributed by atoms with Crippen LogP contribution in [0.3, 0.4) is 0 Å². The number of nitrogens with one attached hydrogen (secondary N) is 1. The number of aromatic amines is 1. The summed E-state index contributed by atoms with van der Waals surface area (Å²) in [5.74, 6) is 0.705. The Hall–Kier alpha value is -2.77. The lowest BCUT2D eigenvalue weighted by molar-refractivity contribution is 0.240. The molecule has 3 aromatic heterocycles. The van der Waals surface area contributed by atoms with Gasteiger partial charge in [-0.25, -0.2) is 22.7 Å². The van der Waals surface area contributed by atoms with E-state index in [1.54, 1.807) is 10.5 Å². The normalized spacial score (nSPS) is 26.3. The van der Waals surface area contributed by atoms with Crippen LogP contribution >= 0.6 is 0 Å². The lowest BCUT2D eigenvalue weighted by atomic mass is 9.92. The van der Waals surface area contributed by atoms with Crippen LogP contribution in [0.5, 0.6) is 0 Å². The van der Waals surface area contributed by atoms with Gasteiger partial charge in [-0.15, -0.1) is 0 Å². The van der Waals surface area contributed by atoms with E-state index in [0.717, 1.165) is 35.1 Å². The number of aromatic nitrogens is 5. The Bertz CT molecular complexity index is 1240. The summed E-state index contributed by atoms with van der Waals surface area (Å²) in [4.78, 5) is 11.8. The summed E-state index contributed by atoms with van der Waals surface area (Å²) < 4.78 is 28.6. The zero-order valence-corrected chi connectivity index (χ0v) is 18.2. The van der Waals surface area contributed by atoms with Gasteiger partial charge in [0, 0.05) is 36.4 Å². The third-order valence-electron chi connectivity index (χ3n) is 6.79. The third kappa shape index (κ3) is 3.32. The Morgan fingerprint density at radius 1 is 1.29 bits per heavy atom. The van der Waals surface area contributed by atoms with E-state index in [1.165, 1.54) is 6.33 Å². The summed E-state index contributed by atoms with van der Waals surface area (Å²) in [6, 6.07) is 4.29. The lowest BCUT2D eigenvalue weighted by Gasteiger charge is -2.29. The van der Waals surface area contributed by atoms with E-state index >= 15 is 0 Å². The summed E-state index contributed by atoms with van der Waals surface area (Å²) in [7, 11) is -3.18. The van der Waals surface area contributed by atoms with Gasteiger partial charge in [-0.3, -0.25) is 4.68 Å². The second kappa shape index (κ2) is 7.43. The minimum absolute atomic E-state index is 0.199. The molecule has 5 rings (SSSR count). The van der Waals surface area contributed by atoms with Gasteiger partial charge in [0.15, 0.2) is 0 Å². The molecular formula is C21H25N7O2S. The third-order valence-corrected chi connectivity index (χ3v) is 8.80. The van der Waals surface area contributed by atoms with Gasteiger partial charge >= 0.3 is 0 Å². The molecule has 162 valence electrons. The molecular weight excluding hydrogens is 414 g/mol. The Balaban J connectivity index is 1.42. The van der Waals surface area contributed by atoms with Crippen molar-refractivity contribution >= 4 is 21.1 Å². The maximum atomic E-state index is 12.5. The summed E-state index contributed by atoms with van der Waals surface area (Å²) in [6.07, 6.45) is 9.62. The first-order valence-corrected chi connectivity index (χ1v) is 12.2. The lowest BCUT2D eigenvalue weighted by Crippen LogP contribution is -2.36. The molecule has 1 saturated carbocycles. The first-order chi connectivity index (χ1) is 15.0. The highest BCUT2D eigenvalue weighted by molar-refractivity contribution is 7.89. The van der Waals surface area contributed by atoms with Crippen LogP contribution in [0.25, 0.3) is 22.3 Å². The highest BCUT2D eigenvalue weighted by atomic mass is 32.2. The fourth-order valence-electron chi connectivity index (χ4n) is 5.40. The maximum absolute atomic E-state index is 12.5. The van der Waals surface area contributed by atoms with Crippen molar-refractivity contribution in [2.24, 2.45) is 11.8 Å². The second-order valence-corrected chi connectivity index (χ2v) is 10.8. The van der Waals surface area contributed by atoms with Crippen molar-refractivity contribution in [1.82, 2.24) is 29.0 Å². The number of hydrogen-bond donors (Lipinski definition) is 1. The van der Waals surface area contributed by atoms with E-state index < -0.39 is 15.6 Å². The molecule has 1 N–H and O–H groups in total.